The molecule has 1 unspecified atom stereocenters. The summed E-state index contributed by atoms with van der Waals surface area (Å²) in [6.45, 7) is 7.65. The van der Waals surface area contributed by atoms with Crippen molar-refractivity contribution in [3.63, 3.8) is 0 Å². The maximum atomic E-state index is 12.1. The summed E-state index contributed by atoms with van der Waals surface area (Å²) in [4.78, 5) is 5.52. The summed E-state index contributed by atoms with van der Waals surface area (Å²) in [7, 11) is -0.281. The van der Waals surface area contributed by atoms with Crippen LogP contribution in [0, 0.1) is 0 Å². The molecule has 8 heteroatoms. The third kappa shape index (κ3) is 7.33. The minimum Gasteiger partial charge on any atom is -0.357 e. The number of nitrogens with zero attached hydrogens (tertiary/aromatic N) is 2. The van der Waals surface area contributed by atoms with Crippen molar-refractivity contribution in [2.45, 2.75) is 63.3 Å². The van der Waals surface area contributed by atoms with Crippen molar-refractivity contribution in [3.8, 4) is 0 Å². The Kier molecular flexibility index (Phi) is 9.45. The number of thiophene rings is 1. The lowest BCUT2D eigenvalue weighted by Crippen LogP contribution is -2.42. The Balaban J connectivity index is 2.70. The number of nitrogens with one attached hydrogen (secondary N) is 2. The van der Waals surface area contributed by atoms with E-state index in [-0.39, 0.29) is 0 Å². The van der Waals surface area contributed by atoms with Crippen LogP contribution in [0.3, 0.4) is 0 Å². The lowest BCUT2D eigenvalue weighted by molar-refractivity contribution is 0.523. The lowest BCUT2D eigenvalue weighted by Gasteiger charge is -2.17. The summed E-state index contributed by atoms with van der Waals surface area (Å²) in [5.41, 5.74) is 0. The molecule has 0 radical (unpaired) electrons. The van der Waals surface area contributed by atoms with Crippen LogP contribution in [-0.2, 0) is 16.6 Å². The first-order valence-electron chi connectivity index (χ1n) is 8.87. The second kappa shape index (κ2) is 10.8. The smallest absolute Gasteiger partial charge is 0.252 e. The highest BCUT2D eigenvalue weighted by Gasteiger charge is 2.19. The van der Waals surface area contributed by atoms with E-state index in [0.717, 1.165) is 23.8 Å². The van der Waals surface area contributed by atoms with Gasteiger partial charge in [-0.25, -0.2) is 17.7 Å². The van der Waals surface area contributed by atoms with Crippen LogP contribution in [-0.4, -0.2) is 45.4 Å². The van der Waals surface area contributed by atoms with Crippen molar-refractivity contribution >= 4 is 27.3 Å². The molecule has 1 rings (SSSR count). The Morgan fingerprint density at radius 3 is 2.60 bits per heavy atom. The zero-order valence-electron chi connectivity index (χ0n) is 16.0. The molecule has 6 nitrogen and oxygen atoms in total. The fourth-order valence-electron chi connectivity index (χ4n) is 2.24. The fraction of sp³-hybridized carbons (Fsp3) is 0.706. The van der Waals surface area contributed by atoms with Gasteiger partial charge in [0.25, 0.3) is 10.0 Å². The molecule has 0 bridgehead atoms. The third-order valence-electron chi connectivity index (χ3n) is 3.73. The average molecular weight is 389 g/mol. The number of aliphatic imine (C=N–C) groups is 1. The first-order chi connectivity index (χ1) is 11.8. The van der Waals surface area contributed by atoms with Gasteiger partial charge in [-0.3, -0.25) is 0 Å². The summed E-state index contributed by atoms with van der Waals surface area (Å²) in [5.74, 6) is 0.775. The average Bonchev–Trinajstić information content (AvgIpc) is 3.02. The van der Waals surface area contributed by atoms with E-state index in [1.807, 2.05) is 13.0 Å². The standard InChI is InChI=1S/C17H32N4O2S2/c1-6-8-9-10-14(3)20-17(18-7-2)19-13-15-11-12-16(24-15)25(22,23)21(4)5/h11-12,14H,6-10,13H2,1-5H3,(H2,18,19,20). The largest absolute Gasteiger partial charge is 0.357 e. The molecule has 0 aliphatic rings. The zero-order valence-corrected chi connectivity index (χ0v) is 17.6. The summed E-state index contributed by atoms with van der Waals surface area (Å²) in [6, 6.07) is 3.84. The molecule has 0 aromatic carbocycles. The highest BCUT2D eigenvalue weighted by atomic mass is 32.2. The molecule has 1 aromatic heterocycles. The van der Waals surface area contributed by atoms with E-state index in [2.05, 4.69) is 29.5 Å². The van der Waals surface area contributed by atoms with Crippen molar-refractivity contribution in [1.82, 2.24) is 14.9 Å². The topological polar surface area (TPSA) is 73.8 Å². The molecular weight excluding hydrogens is 356 g/mol. The second-order valence-corrected chi connectivity index (χ2v) is 9.79. The number of guanidine groups is 1. The number of hydrogen-bond donors (Lipinski definition) is 2. The molecule has 0 saturated carbocycles. The first-order valence-corrected chi connectivity index (χ1v) is 11.1. The number of unbranched alkanes of at least 4 members (excludes halogenated alkanes) is 2. The normalized spacial score (nSPS) is 13.9. The van der Waals surface area contributed by atoms with Gasteiger partial charge in [0.05, 0.1) is 6.54 Å². The Morgan fingerprint density at radius 2 is 2.00 bits per heavy atom. The van der Waals surface area contributed by atoms with Gasteiger partial charge in [-0.15, -0.1) is 11.3 Å². The van der Waals surface area contributed by atoms with Gasteiger partial charge in [-0.2, -0.15) is 0 Å². The molecule has 0 amide bonds. The van der Waals surface area contributed by atoms with E-state index in [4.69, 9.17) is 0 Å². The zero-order chi connectivity index (χ0) is 18.9. The molecule has 25 heavy (non-hydrogen) atoms. The van der Waals surface area contributed by atoms with Crippen molar-refractivity contribution in [2.75, 3.05) is 20.6 Å². The number of hydrogen-bond acceptors (Lipinski definition) is 4. The third-order valence-corrected chi connectivity index (χ3v) is 7.09. The molecule has 1 aromatic rings. The van der Waals surface area contributed by atoms with Crippen molar-refractivity contribution in [1.29, 1.82) is 0 Å². The molecule has 0 aliphatic heterocycles. The van der Waals surface area contributed by atoms with Crippen LogP contribution in [0.4, 0.5) is 0 Å². The van der Waals surface area contributed by atoms with E-state index < -0.39 is 10.0 Å². The second-order valence-electron chi connectivity index (χ2n) is 6.24. The van der Waals surface area contributed by atoms with Crippen LogP contribution >= 0.6 is 11.3 Å². The summed E-state index contributed by atoms with van der Waals surface area (Å²) >= 11 is 1.27. The van der Waals surface area contributed by atoms with Crippen LogP contribution < -0.4 is 10.6 Å². The Labute approximate surface area is 156 Å². The molecule has 1 heterocycles. The summed E-state index contributed by atoms with van der Waals surface area (Å²) in [6.07, 6.45) is 4.79. The Hall–Kier alpha value is -1.12. The fourth-order valence-corrected chi connectivity index (χ4v) is 4.69. The van der Waals surface area contributed by atoms with Crippen molar-refractivity contribution in [3.05, 3.63) is 17.0 Å². The van der Waals surface area contributed by atoms with Crippen LogP contribution in [0.5, 0.6) is 0 Å². The van der Waals surface area contributed by atoms with Crippen molar-refractivity contribution < 1.29 is 8.42 Å². The van der Waals surface area contributed by atoms with Gasteiger partial charge in [0.2, 0.25) is 0 Å². The predicted molar refractivity (Wildman–Crippen MR) is 107 cm³/mol. The number of rotatable bonds is 10. The minimum absolute atomic E-state index is 0.355. The Morgan fingerprint density at radius 1 is 1.28 bits per heavy atom. The predicted octanol–water partition coefficient (Wildman–Crippen LogP) is 3.02. The maximum Gasteiger partial charge on any atom is 0.252 e. The van der Waals surface area contributed by atoms with Crippen LogP contribution in [0.2, 0.25) is 0 Å². The quantitative estimate of drug-likeness (QED) is 0.367. The summed E-state index contributed by atoms with van der Waals surface area (Å²) < 4.78 is 25.9. The number of sulfonamides is 1. The van der Waals surface area contributed by atoms with E-state index in [0.29, 0.717) is 16.8 Å². The van der Waals surface area contributed by atoms with Gasteiger partial charge in [0, 0.05) is 31.6 Å². The van der Waals surface area contributed by atoms with Crippen molar-refractivity contribution in [2.24, 2.45) is 4.99 Å². The van der Waals surface area contributed by atoms with Crippen LogP contribution in [0.25, 0.3) is 0 Å². The SMILES string of the molecule is CCCCCC(C)NC(=NCc1ccc(S(=O)(=O)N(C)C)s1)NCC. The molecule has 0 saturated heterocycles. The minimum atomic E-state index is -3.36. The Bertz CT molecular complexity index is 639. The van der Waals surface area contributed by atoms with E-state index >= 15 is 0 Å². The maximum absolute atomic E-state index is 12.1. The van der Waals surface area contributed by atoms with Gasteiger partial charge in [-0.1, -0.05) is 26.2 Å². The first kappa shape index (κ1) is 21.9. The highest BCUT2D eigenvalue weighted by Crippen LogP contribution is 2.24. The van der Waals surface area contributed by atoms with Gasteiger partial charge in [0.1, 0.15) is 4.21 Å². The van der Waals surface area contributed by atoms with Crippen LogP contribution in [0.15, 0.2) is 21.3 Å². The van der Waals surface area contributed by atoms with Gasteiger partial charge in [-0.05, 0) is 32.4 Å². The molecule has 144 valence electrons. The molecule has 0 aliphatic carbocycles. The lowest BCUT2D eigenvalue weighted by atomic mass is 10.1. The van der Waals surface area contributed by atoms with Crippen LogP contribution in [0.1, 0.15) is 51.3 Å². The van der Waals surface area contributed by atoms with Gasteiger partial charge >= 0.3 is 0 Å². The molecule has 0 fully saturated rings. The van der Waals surface area contributed by atoms with E-state index in [1.165, 1.54) is 34.9 Å². The molecular formula is C17H32N4O2S2. The van der Waals surface area contributed by atoms with Gasteiger partial charge in [0.15, 0.2) is 5.96 Å². The van der Waals surface area contributed by atoms with E-state index in [1.54, 1.807) is 20.2 Å². The molecule has 1 atom stereocenters. The molecule has 0 spiro atoms. The summed E-state index contributed by atoms with van der Waals surface area (Å²) in [5, 5.41) is 6.67. The van der Waals surface area contributed by atoms with E-state index in [9.17, 15) is 8.42 Å². The molecule has 2 N–H and O–H groups in total. The van der Waals surface area contributed by atoms with Gasteiger partial charge < -0.3 is 10.6 Å². The highest BCUT2D eigenvalue weighted by molar-refractivity contribution is 7.91. The monoisotopic (exact) mass is 388 g/mol.